The Bertz CT molecular complexity index is 581. The summed E-state index contributed by atoms with van der Waals surface area (Å²) in [6.45, 7) is 2.02. The lowest BCUT2D eigenvalue weighted by Crippen LogP contribution is -2.28. The van der Waals surface area contributed by atoms with Crippen molar-refractivity contribution in [3.63, 3.8) is 0 Å². The highest BCUT2D eigenvalue weighted by atomic mass is 35.5. The lowest BCUT2D eigenvalue weighted by atomic mass is 10.0. The van der Waals surface area contributed by atoms with Gasteiger partial charge in [0.15, 0.2) is 0 Å². The summed E-state index contributed by atoms with van der Waals surface area (Å²) in [4.78, 5) is 16.1. The fraction of sp³-hybridized carbons (Fsp3) is 0.200. The summed E-state index contributed by atoms with van der Waals surface area (Å²) in [6, 6.07) is 12.8. The van der Waals surface area contributed by atoms with Gasteiger partial charge in [0, 0.05) is 5.56 Å². The first-order valence-corrected chi connectivity index (χ1v) is 6.77. The second kappa shape index (κ2) is 6.39. The van der Waals surface area contributed by atoms with E-state index in [4.69, 9.17) is 17.3 Å². The van der Waals surface area contributed by atoms with Gasteiger partial charge in [-0.25, -0.2) is 4.98 Å². The first kappa shape index (κ1) is 14.3. The van der Waals surface area contributed by atoms with E-state index in [9.17, 15) is 4.79 Å². The molecule has 104 valence electrons. The minimum Gasteiger partial charge on any atom is -0.384 e. The third-order valence-corrected chi connectivity index (χ3v) is 3.19. The van der Waals surface area contributed by atoms with Gasteiger partial charge in [0.05, 0.1) is 6.04 Å². The summed E-state index contributed by atoms with van der Waals surface area (Å²) < 4.78 is 0. The van der Waals surface area contributed by atoms with Gasteiger partial charge in [-0.05, 0) is 24.1 Å². The topological polar surface area (TPSA) is 68.0 Å². The number of aromatic nitrogens is 1. The average Bonchev–Trinajstić information content (AvgIpc) is 2.44. The number of rotatable bonds is 4. The first-order valence-electron chi connectivity index (χ1n) is 6.39. The Labute approximate surface area is 123 Å². The average molecular weight is 290 g/mol. The molecule has 5 heteroatoms. The van der Waals surface area contributed by atoms with Crippen molar-refractivity contribution in [3.05, 3.63) is 58.7 Å². The molecule has 0 radical (unpaired) electrons. The predicted molar refractivity (Wildman–Crippen MR) is 80.6 cm³/mol. The Morgan fingerprint density at radius 3 is 2.65 bits per heavy atom. The molecule has 4 nitrogen and oxygen atoms in total. The van der Waals surface area contributed by atoms with Crippen LogP contribution < -0.4 is 11.1 Å². The molecule has 1 atom stereocenters. The molecule has 0 aliphatic carbocycles. The minimum atomic E-state index is -0.211. The van der Waals surface area contributed by atoms with Gasteiger partial charge >= 0.3 is 0 Å². The zero-order valence-electron chi connectivity index (χ0n) is 11.1. The highest BCUT2D eigenvalue weighted by Crippen LogP contribution is 2.18. The fourth-order valence-corrected chi connectivity index (χ4v) is 2.21. The zero-order chi connectivity index (χ0) is 14.5. The molecule has 1 aromatic carbocycles. The van der Waals surface area contributed by atoms with E-state index in [0.717, 1.165) is 12.0 Å². The smallest absolute Gasteiger partial charge is 0.252 e. The number of carbonyl (C=O) groups excluding carboxylic acids is 1. The first-order chi connectivity index (χ1) is 9.60. The standard InChI is InChI=1S/C15H16ClN3O/c1-2-12(10-6-4-3-5-7-10)18-15(20)11-8-13(16)19-14(17)9-11/h3-9,12H,2H2,1H3,(H2,17,19)(H,18,20). The molecule has 0 saturated carbocycles. The maximum Gasteiger partial charge on any atom is 0.252 e. The van der Waals surface area contributed by atoms with Crippen LogP contribution in [-0.2, 0) is 0 Å². The Morgan fingerprint density at radius 2 is 2.05 bits per heavy atom. The fourth-order valence-electron chi connectivity index (χ4n) is 2.00. The largest absolute Gasteiger partial charge is 0.384 e. The van der Waals surface area contributed by atoms with Crippen molar-refractivity contribution in [2.45, 2.75) is 19.4 Å². The van der Waals surface area contributed by atoms with Crippen LogP contribution in [0.2, 0.25) is 5.15 Å². The molecule has 0 aliphatic rings. The van der Waals surface area contributed by atoms with E-state index in [1.54, 1.807) is 0 Å². The number of nitrogen functional groups attached to an aromatic ring is 1. The minimum absolute atomic E-state index is 0.0446. The van der Waals surface area contributed by atoms with Crippen molar-refractivity contribution in [3.8, 4) is 0 Å². The van der Waals surface area contributed by atoms with Crippen LogP contribution in [0.5, 0.6) is 0 Å². The number of anilines is 1. The summed E-state index contributed by atoms with van der Waals surface area (Å²) in [5, 5.41) is 3.18. The highest BCUT2D eigenvalue weighted by Gasteiger charge is 2.14. The maximum atomic E-state index is 12.2. The van der Waals surface area contributed by atoms with Gasteiger partial charge in [-0.15, -0.1) is 0 Å². The number of nitrogens with one attached hydrogen (secondary N) is 1. The normalized spacial score (nSPS) is 11.9. The quantitative estimate of drug-likeness (QED) is 0.849. The van der Waals surface area contributed by atoms with Crippen LogP contribution in [0.3, 0.4) is 0 Å². The molecule has 0 spiro atoms. The highest BCUT2D eigenvalue weighted by molar-refractivity contribution is 6.29. The Kier molecular flexibility index (Phi) is 4.58. The van der Waals surface area contributed by atoms with E-state index in [-0.39, 0.29) is 22.9 Å². The summed E-state index contributed by atoms with van der Waals surface area (Å²) in [5.74, 6) is 0.0205. The second-order valence-electron chi connectivity index (χ2n) is 4.45. The number of nitrogens with two attached hydrogens (primary N) is 1. The van der Waals surface area contributed by atoms with Gasteiger partial charge in [0.2, 0.25) is 0 Å². The lowest BCUT2D eigenvalue weighted by molar-refractivity contribution is 0.0935. The molecule has 20 heavy (non-hydrogen) atoms. The van der Waals surface area contributed by atoms with Gasteiger partial charge in [-0.1, -0.05) is 48.9 Å². The third-order valence-electron chi connectivity index (χ3n) is 2.99. The molecule has 0 bridgehead atoms. The maximum absolute atomic E-state index is 12.2. The number of benzene rings is 1. The van der Waals surface area contributed by atoms with Crippen LogP contribution in [0.4, 0.5) is 5.82 Å². The summed E-state index contributed by atoms with van der Waals surface area (Å²) >= 11 is 5.81. The molecule has 2 rings (SSSR count). The molecule has 3 N–H and O–H groups in total. The Balaban J connectivity index is 2.17. The number of carbonyl (C=O) groups is 1. The van der Waals surface area contributed by atoms with Crippen LogP contribution in [0.1, 0.15) is 35.3 Å². The van der Waals surface area contributed by atoms with Gasteiger partial charge < -0.3 is 11.1 Å². The van der Waals surface area contributed by atoms with Crippen LogP contribution in [0.25, 0.3) is 0 Å². The van der Waals surface area contributed by atoms with E-state index in [1.807, 2.05) is 37.3 Å². The monoisotopic (exact) mass is 289 g/mol. The van der Waals surface area contributed by atoms with E-state index in [1.165, 1.54) is 12.1 Å². The number of halogens is 1. The summed E-state index contributed by atoms with van der Waals surface area (Å²) in [5.41, 5.74) is 7.08. The molecule has 2 aromatic rings. The number of hydrogen-bond donors (Lipinski definition) is 2. The number of nitrogens with zero attached hydrogens (tertiary/aromatic N) is 1. The van der Waals surface area contributed by atoms with E-state index >= 15 is 0 Å². The molecular weight excluding hydrogens is 274 g/mol. The van der Waals surface area contributed by atoms with Crippen molar-refractivity contribution < 1.29 is 4.79 Å². The van der Waals surface area contributed by atoms with Gasteiger partial charge in [0.1, 0.15) is 11.0 Å². The van der Waals surface area contributed by atoms with Crippen LogP contribution in [-0.4, -0.2) is 10.9 Å². The number of hydrogen-bond acceptors (Lipinski definition) is 3. The van der Waals surface area contributed by atoms with Gasteiger partial charge in [-0.3, -0.25) is 4.79 Å². The van der Waals surface area contributed by atoms with E-state index in [0.29, 0.717) is 5.56 Å². The van der Waals surface area contributed by atoms with Gasteiger partial charge in [0.25, 0.3) is 5.91 Å². The molecule has 0 aliphatic heterocycles. The molecule has 1 unspecified atom stereocenters. The van der Waals surface area contributed by atoms with Gasteiger partial charge in [-0.2, -0.15) is 0 Å². The lowest BCUT2D eigenvalue weighted by Gasteiger charge is -2.17. The summed E-state index contributed by atoms with van der Waals surface area (Å²) in [7, 11) is 0. The second-order valence-corrected chi connectivity index (χ2v) is 4.84. The molecular formula is C15H16ClN3O. The molecule has 0 fully saturated rings. The van der Waals surface area contributed by atoms with Crippen LogP contribution >= 0.6 is 11.6 Å². The third kappa shape index (κ3) is 3.48. The zero-order valence-corrected chi connectivity index (χ0v) is 11.9. The SMILES string of the molecule is CCC(NC(=O)c1cc(N)nc(Cl)c1)c1ccccc1. The molecule has 1 amide bonds. The predicted octanol–water partition coefficient (Wildman–Crippen LogP) is 3.20. The van der Waals surface area contributed by atoms with Crippen molar-refractivity contribution in [1.29, 1.82) is 0 Å². The van der Waals surface area contributed by atoms with E-state index < -0.39 is 0 Å². The van der Waals surface area contributed by atoms with Crippen LogP contribution in [0, 0.1) is 0 Å². The van der Waals surface area contributed by atoms with E-state index in [2.05, 4.69) is 10.3 Å². The van der Waals surface area contributed by atoms with Crippen molar-refractivity contribution in [1.82, 2.24) is 10.3 Å². The Morgan fingerprint density at radius 1 is 1.35 bits per heavy atom. The molecule has 0 saturated heterocycles. The van der Waals surface area contributed by atoms with Crippen LogP contribution in [0.15, 0.2) is 42.5 Å². The molecule has 1 heterocycles. The van der Waals surface area contributed by atoms with Crippen molar-refractivity contribution in [2.75, 3.05) is 5.73 Å². The number of pyridine rings is 1. The Hall–Kier alpha value is -2.07. The van der Waals surface area contributed by atoms with Crippen molar-refractivity contribution in [2.24, 2.45) is 0 Å². The number of amides is 1. The molecule has 1 aromatic heterocycles. The van der Waals surface area contributed by atoms with Crippen molar-refractivity contribution >= 4 is 23.3 Å². The summed E-state index contributed by atoms with van der Waals surface area (Å²) in [6.07, 6.45) is 0.796.